The first kappa shape index (κ1) is 17.5. The second-order valence-corrected chi connectivity index (χ2v) is 5.62. The summed E-state index contributed by atoms with van der Waals surface area (Å²) in [6.45, 7) is 0.367. The van der Waals surface area contributed by atoms with Gasteiger partial charge in [0.15, 0.2) is 0 Å². The van der Waals surface area contributed by atoms with Gasteiger partial charge in [0.1, 0.15) is 11.5 Å². The van der Waals surface area contributed by atoms with Crippen molar-refractivity contribution in [3.8, 4) is 22.8 Å². The summed E-state index contributed by atoms with van der Waals surface area (Å²) < 4.78 is 10.4. The number of aromatic nitrogens is 1. The Labute approximate surface area is 152 Å². The lowest BCUT2D eigenvalue weighted by molar-refractivity contribution is 0.0948. The van der Waals surface area contributed by atoms with Crippen molar-refractivity contribution in [1.29, 1.82) is 0 Å². The molecule has 0 aliphatic carbocycles. The summed E-state index contributed by atoms with van der Waals surface area (Å²) in [5.74, 6) is 1.15. The number of rotatable bonds is 6. The topological polar surface area (TPSA) is 60.5 Å². The number of amides is 1. The SMILES string of the molecule is COc1ccc(-c2ncccc2CNC(=O)c2ccccc2OC)cc1. The van der Waals surface area contributed by atoms with E-state index in [1.807, 2.05) is 48.5 Å². The molecule has 0 aliphatic heterocycles. The summed E-state index contributed by atoms with van der Waals surface area (Å²) in [6, 6.07) is 18.6. The van der Waals surface area contributed by atoms with Crippen molar-refractivity contribution in [3.63, 3.8) is 0 Å². The Bertz CT molecular complexity index is 892. The first-order chi connectivity index (χ1) is 12.7. The van der Waals surface area contributed by atoms with Gasteiger partial charge in [-0.3, -0.25) is 9.78 Å². The normalized spacial score (nSPS) is 10.2. The number of carbonyl (C=O) groups is 1. The molecule has 0 saturated carbocycles. The number of nitrogens with one attached hydrogen (secondary N) is 1. The molecular weight excluding hydrogens is 328 g/mol. The molecule has 0 radical (unpaired) electrons. The van der Waals surface area contributed by atoms with Gasteiger partial charge in [-0.15, -0.1) is 0 Å². The molecule has 0 saturated heterocycles. The highest BCUT2D eigenvalue weighted by Crippen LogP contribution is 2.24. The molecule has 1 heterocycles. The van der Waals surface area contributed by atoms with Crippen LogP contribution in [-0.4, -0.2) is 25.1 Å². The van der Waals surface area contributed by atoms with Crippen molar-refractivity contribution in [2.75, 3.05) is 14.2 Å². The zero-order valence-corrected chi connectivity index (χ0v) is 14.7. The lowest BCUT2D eigenvalue weighted by Gasteiger charge is -2.12. The predicted molar refractivity (Wildman–Crippen MR) is 100 cm³/mol. The summed E-state index contributed by atoms with van der Waals surface area (Å²) in [6.07, 6.45) is 1.74. The monoisotopic (exact) mass is 348 g/mol. The Balaban J connectivity index is 1.79. The second-order valence-electron chi connectivity index (χ2n) is 5.62. The van der Waals surface area contributed by atoms with Gasteiger partial charge in [0, 0.05) is 18.3 Å². The van der Waals surface area contributed by atoms with E-state index < -0.39 is 0 Å². The molecule has 0 spiro atoms. The summed E-state index contributed by atoms with van der Waals surface area (Å²) in [7, 11) is 3.18. The van der Waals surface area contributed by atoms with Gasteiger partial charge < -0.3 is 14.8 Å². The van der Waals surface area contributed by atoms with Crippen LogP contribution >= 0.6 is 0 Å². The van der Waals surface area contributed by atoms with Gasteiger partial charge in [-0.25, -0.2) is 0 Å². The standard InChI is InChI=1S/C21H20N2O3/c1-25-17-11-9-15(10-12-17)20-16(6-5-13-22-20)14-23-21(24)18-7-3-4-8-19(18)26-2/h3-13H,14H2,1-2H3,(H,23,24). The minimum atomic E-state index is -0.188. The quantitative estimate of drug-likeness (QED) is 0.738. The molecule has 0 bridgehead atoms. The van der Waals surface area contributed by atoms with E-state index in [0.717, 1.165) is 22.6 Å². The molecule has 1 N–H and O–H groups in total. The highest BCUT2D eigenvalue weighted by Gasteiger charge is 2.13. The van der Waals surface area contributed by atoms with Gasteiger partial charge in [0.2, 0.25) is 0 Å². The average Bonchev–Trinajstić information content (AvgIpc) is 2.72. The van der Waals surface area contributed by atoms with E-state index in [-0.39, 0.29) is 5.91 Å². The number of nitrogens with zero attached hydrogens (tertiary/aromatic N) is 1. The van der Waals surface area contributed by atoms with E-state index in [0.29, 0.717) is 17.9 Å². The molecular formula is C21H20N2O3. The molecule has 1 amide bonds. The molecule has 132 valence electrons. The van der Waals surface area contributed by atoms with Crippen LogP contribution in [0.25, 0.3) is 11.3 Å². The number of hydrogen-bond donors (Lipinski definition) is 1. The van der Waals surface area contributed by atoms with E-state index in [1.165, 1.54) is 0 Å². The van der Waals surface area contributed by atoms with Gasteiger partial charge in [-0.1, -0.05) is 18.2 Å². The summed E-state index contributed by atoms with van der Waals surface area (Å²) >= 11 is 0. The van der Waals surface area contributed by atoms with Crippen LogP contribution in [0.5, 0.6) is 11.5 Å². The maximum Gasteiger partial charge on any atom is 0.255 e. The molecule has 1 aromatic heterocycles. The van der Waals surface area contributed by atoms with Crippen molar-refractivity contribution >= 4 is 5.91 Å². The Hall–Kier alpha value is -3.34. The number of carbonyl (C=O) groups excluding carboxylic acids is 1. The van der Waals surface area contributed by atoms with Crippen LogP contribution in [0.3, 0.4) is 0 Å². The zero-order chi connectivity index (χ0) is 18.4. The van der Waals surface area contributed by atoms with Gasteiger partial charge in [-0.05, 0) is 48.0 Å². The van der Waals surface area contributed by atoms with Gasteiger partial charge in [0.25, 0.3) is 5.91 Å². The van der Waals surface area contributed by atoms with E-state index in [9.17, 15) is 4.79 Å². The average molecular weight is 348 g/mol. The minimum Gasteiger partial charge on any atom is -0.497 e. The number of benzene rings is 2. The molecule has 3 rings (SSSR count). The smallest absolute Gasteiger partial charge is 0.255 e. The minimum absolute atomic E-state index is 0.188. The fourth-order valence-corrected chi connectivity index (χ4v) is 2.69. The van der Waals surface area contributed by atoms with Gasteiger partial charge >= 0.3 is 0 Å². The Morgan fingerprint density at radius 1 is 0.962 bits per heavy atom. The van der Waals surface area contributed by atoms with Crippen molar-refractivity contribution in [2.24, 2.45) is 0 Å². The highest BCUT2D eigenvalue weighted by atomic mass is 16.5. The number of pyridine rings is 1. The van der Waals surface area contributed by atoms with Crippen molar-refractivity contribution in [1.82, 2.24) is 10.3 Å². The fraction of sp³-hybridized carbons (Fsp3) is 0.143. The second kappa shape index (κ2) is 8.16. The van der Waals surface area contributed by atoms with E-state index in [4.69, 9.17) is 9.47 Å². The number of methoxy groups -OCH3 is 2. The van der Waals surface area contributed by atoms with Gasteiger partial charge in [0.05, 0.1) is 25.5 Å². The molecule has 5 heteroatoms. The van der Waals surface area contributed by atoms with Crippen LogP contribution in [0.1, 0.15) is 15.9 Å². The molecule has 3 aromatic rings. The molecule has 0 aliphatic rings. The third-order valence-electron chi connectivity index (χ3n) is 4.05. The van der Waals surface area contributed by atoms with Crippen LogP contribution in [0, 0.1) is 0 Å². The number of para-hydroxylation sites is 1. The van der Waals surface area contributed by atoms with Crippen LogP contribution in [0.15, 0.2) is 66.9 Å². The lowest BCUT2D eigenvalue weighted by atomic mass is 10.1. The van der Waals surface area contributed by atoms with E-state index >= 15 is 0 Å². The van der Waals surface area contributed by atoms with Crippen molar-refractivity contribution in [2.45, 2.75) is 6.54 Å². The Morgan fingerprint density at radius 2 is 1.73 bits per heavy atom. The molecule has 0 unspecified atom stereocenters. The van der Waals surface area contributed by atoms with Crippen LogP contribution in [-0.2, 0) is 6.54 Å². The van der Waals surface area contributed by atoms with Crippen LogP contribution < -0.4 is 14.8 Å². The molecule has 5 nitrogen and oxygen atoms in total. The first-order valence-electron chi connectivity index (χ1n) is 8.22. The van der Waals surface area contributed by atoms with Crippen LogP contribution in [0.2, 0.25) is 0 Å². The number of hydrogen-bond acceptors (Lipinski definition) is 4. The Kier molecular flexibility index (Phi) is 5.49. The zero-order valence-electron chi connectivity index (χ0n) is 14.7. The number of ether oxygens (including phenoxy) is 2. The van der Waals surface area contributed by atoms with E-state index in [1.54, 1.807) is 32.5 Å². The maximum absolute atomic E-state index is 12.5. The molecule has 0 atom stereocenters. The summed E-state index contributed by atoms with van der Waals surface area (Å²) in [4.78, 5) is 17.0. The van der Waals surface area contributed by atoms with Gasteiger partial charge in [-0.2, -0.15) is 0 Å². The highest BCUT2D eigenvalue weighted by molar-refractivity contribution is 5.96. The van der Waals surface area contributed by atoms with Crippen molar-refractivity contribution < 1.29 is 14.3 Å². The first-order valence-corrected chi connectivity index (χ1v) is 8.22. The molecule has 2 aromatic carbocycles. The molecule has 26 heavy (non-hydrogen) atoms. The molecule has 0 fully saturated rings. The largest absolute Gasteiger partial charge is 0.497 e. The summed E-state index contributed by atoms with van der Waals surface area (Å²) in [5.41, 5.74) is 3.23. The van der Waals surface area contributed by atoms with E-state index in [2.05, 4.69) is 10.3 Å². The Morgan fingerprint density at radius 3 is 2.46 bits per heavy atom. The summed E-state index contributed by atoms with van der Waals surface area (Å²) in [5, 5.41) is 2.94. The predicted octanol–water partition coefficient (Wildman–Crippen LogP) is 3.70. The van der Waals surface area contributed by atoms with Crippen LogP contribution in [0.4, 0.5) is 0 Å². The maximum atomic E-state index is 12.5. The third kappa shape index (κ3) is 3.83. The third-order valence-corrected chi connectivity index (χ3v) is 4.05. The van der Waals surface area contributed by atoms with Crippen molar-refractivity contribution in [3.05, 3.63) is 78.0 Å². The fourth-order valence-electron chi connectivity index (χ4n) is 2.69. The lowest BCUT2D eigenvalue weighted by Crippen LogP contribution is -2.23.